The smallest absolute Gasteiger partial charge is 0.334 e. The molecule has 0 aliphatic heterocycles. The molecule has 1 atom stereocenters. The number of carbonyl (C=O) groups is 1. The van der Waals surface area contributed by atoms with Crippen molar-refractivity contribution in [3.8, 4) is 0 Å². The molecule has 0 aromatic rings. The number of rotatable bonds is 4. The van der Waals surface area contributed by atoms with Crippen LogP contribution in [0, 0.1) is 0 Å². The molecule has 0 aromatic carbocycles. The molecule has 0 rings (SSSR count). The van der Waals surface area contributed by atoms with Crippen LogP contribution in [0.3, 0.4) is 0 Å². The molecule has 0 amide bonds. The molecule has 0 saturated heterocycles. The van der Waals surface area contributed by atoms with Gasteiger partial charge in [0.15, 0.2) is 6.10 Å². The maximum absolute atomic E-state index is 11.2. The third-order valence-electron chi connectivity index (χ3n) is 1.51. The predicted octanol–water partition coefficient (Wildman–Crippen LogP) is 2.14. The molecule has 78 valence electrons. The molecule has 0 saturated carbocycles. The molecule has 0 bridgehead atoms. The molecule has 0 aliphatic rings. The first kappa shape index (κ1) is 12.4. The van der Waals surface area contributed by atoms with E-state index < -0.39 is 6.10 Å². The molecule has 0 fully saturated rings. The van der Waals surface area contributed by atoms with Crippen molar-refractivity contribution >= 4 is 5.97 Å². The SMILES string of the molecule is CCCC(OC(C)(C)C)C(=O)OC. The van der Waals surface area contributed by atoms with E-state index in [-0.39, 0.29) is 11.6 Å². The van der Waals surface area contributed by atoms with Crippen LogP contribution >= 0.6 is 0 Å². The van der Waals surface area contributed by atoms with Gasteiger partial charge in [-0.1, -0.05) is 13.3 Å². The molecule has 3 heteroatoms. The van der Waals surface area contributed by atoms with Gasteiger partial charge in [-0.2, -0.15) is 0 Å². The minimum atomic E-state index is -0.421. The highest BCUT2D eigenvalue weighted by atomic mass is 16.6. The van der Waals surface area contributed by atoms with Gasteiger partial charge in [0.2, 0.25) is 0 Å². The molecule has 3 nitrogen and oxygen atoms in total. The van der Waals surface area contributed by atoms with Gasteiger partial charge in [-0.3, -0.25) is 0 Å². The minimum Gasteiger partial charge on any atom is -0.467 e. The third kappa shape index (κ3) is 5.64. The van der Waals surface area contributed by atoms with Crippen molar-refractivity contribution in [1.82, 2.24) is 0 Å². The number of methoxy groups -OCH3 is 1. The molecule has 0 heterocycles. The molecule has 0 N–H and O–H groups in total. The van der Waals surface area contributed by atoms with Crippen LogP contribution in [-0.2, 0) is 14.3 Å². The van der Waals surface area contributed by atoms with Crippen molar-refractivity contribution in [2.45, 2.75) is 52.2 Å². The van der Waals surface area contributed by atoms with Crippen molar-refractivity contribution in [1.29, 1.82) is 0 Å². The first-order valence-electron chi connectivity index (χ1n) is 4.66. The summed E-state index contributed by atoms with van der Waals surface area (Å²) in [5.41, 5.74) is -0.298. The summed E-state index contributed by atoms with van der Waals surface area (Å²) in [5.74, 6) is -0.281. The summed E-state index contributed by atoms with van der Waals surface area (Å²) in [6.07, 6.45) is 1.20. The van der Waals surface area contributed by atoms with E-state index in [1.807, 2.05) is 27.7 Å². The van der Waals surface area contributed by atoms with Crippen LogP contribution in [0.5, 0.6) is 0 Å². The lowest BCUT2D eigenvalue weighted by molar-refractivity contribution is -0.164. The fourth-order valence-electron chi connectivity index (χ4n) is 1.05. The Morgan fingerprint density at radius 2 is 1.92 bits per heavy atom. The molecular weight excluding hydrogens is 168 g/mol. The number of hydrogen-bond donors (Lipinski definition) is 0. The highest BCUT2D eigenvalue weighted by molar-refractivity contribution is 5.74. The topological polar surface area (TPSA) is 35.5 Å². The van der Waals surface area contributed by atoms with E-state index in [0.717, 1.165) is 6.42 Å². The Labute approximate surface area is 80.4 Å². The zero-order valence-electron chi connectivity index (χ0n) is 9.22. The van der Waals surface area contributed by atoms with Crippen molar-refractivity contribution in [2.75, 3.05) is 7.11 Å². The van der Waals surface area contributed by atoms with Crippen molar-refractivity contribution in [3.63, 3.8) is 0 Å². The second-order valence-electron chi connectivity index (χ2n) is 4.03. The lowest BCUT2D eigenvalue weighted by Crippen LogP contribution is -2.33. The van der Waals surface area contributed by atoms with Crippen LogP contribution in [0.2, 0.25) is 0 Å². The van der Waals surface area contributed by atoms with Gasteiger partial charge in [0.25, 0.3) is 0 Å². The molecule has 0 spiro atoms. The van der Waals surface area contributed by atoms with Crippen LogP contribution in [0.1, 0.15) is 40.5 Å². The van der Waals surface area contributed by atoms with Crippen molar-refractivity contribution in [2.24, 2.45) is 0 Å². The van der Waals surface area contributed by atoms with Gasteiger partial charge in [-0.05, 0) is 27.2 Å². The van der Waals surface area contributed by atoms with E-state index in [1.165, 1.54) is 7.11 Å². The van der Waals surface area contributed by atoms with Crippen LogP contribution in [0.4, 0.5) is 0 Å². The van der Waals surface area contributed by atoms with E-state index in [0.29, 0.717) is 6.42 Å². The average molecular weight is 188 g/mol. The number of carbonyl (C=O) groups excluding carboxylic acids is 1. The predicted molar refractivity (Wildman–Crippen MR) is 51.6 cm³/mol. The average Bonchev–Trinajstić information content (AvgIpc) is 2.00. The Bertz CT molecular complexity index is 158. The summed E-state index contributed by atoms with van der Waals surface area (Å²) in [6.45, 7) is 7.80. The highest BCUT2D eigenvalue weighted by Crippen LogP contribution is 2.15. The van der Waals surface area contributed by atoms with E-state index in [4.69, 9.17) is 4.74 Å². The van der Waals surface area contributed by atoms with Gasteiger partial charge in [-0.25, -0.2) is 4.79 Å². The second kappa shape index (κ2) is 5.22. The summed E-state index contributed by atoms with van der Waals surface area (Å²) >= 11 is 0. The van der Waals surface area contributed by atoms with Crippen LogP contribution in [0.25, 0.3) is 0 Å². The Balaban J connectivity index is 4.17. The molecule has 0 radical (unpaired) electrons. The maximum Gasteiger partial charge on any atom is 0.334 e. The van der Waals surface area contributed by atoms with Gasteiger partial charge in [0.1, 0.15) is 0 Å². The van der Waals surface area contributed by atoms with Gasteiger partial charge in [-0.15, -0.1) is 0 Å². The number of esters is 1. The van der Waals surface area contributed by atoms with E-state index in [9.17, 15) is 4.79 Å². The summed E-state index contributed by atoms with van der Waals surface area (Å²) in [4.78, 5) is 11.2. The van der Waals surface area contributed by atoms with Gasteiger partial charge in [0.05, 0.1) is 12.7 Å². The first-order chi connectivity index (χ1) is 5.90. The molecule has 13 heavy (non-hydrogen) atoms. The fourth-order valence-corrected chi connectivity index (χ4v) is 1.05. The van der Waals surface area contributed by atoms with Gasteiger partial charge in [0, 0.05) is 0 Å². The molecular formula is C10H20O3. The van der Waals surface area contributed by atoms with Crippen molar-refractivity contribution in [3.05, 3.63) is 0 Å². The minimum absolute atomic E-state index is 0.281. The second-order valence-corrected chi connectivity index (χ2v) is 4.03. The fraction of sp³-hybridized carbons (Fsp3) is 0.900. The molecule has 0 aliphatic carbocycles. The normalized spacial score (nSPS) is 13.9. The Kier molecular flexibility index (Phi) is 4.99. The van der Waals surface area contributed by atoms with Crippen LogP contribution < -0.4 is 0 Å². The summed E-state index contributed by atoms with van der Waals surface area (Å²) in [7, 11) is 1.39. The summed E-state index contributed by atoms with van der Waals surface area (Å²) < 4.78 is 10.2. The van der Waals surface area contributed by atoms with Gasteiger partial charge >= 0.3 is 5.97 Å². The van der Waals surface area contributed by atoms with Gasteiger partial charge < -0.3 is 9.47 Å². The highest BCUT2D eigenvalue weighted by Gasteiger charge is 2.24. The number of ether oxygens (including phenoxy) is 2. The zero-order valence-corrected chi connectivity index (χ0v) is 9.22. The maximum atomic E-state index is 11.2. The van der Waals surface area contributed by atoms with E-state index in [1.54, 1.807) is 0 Å². The van der Waals surface area contributed by atoms with E-state index in [2.05, 4.69) is 4.74 Å². The first-order valence-corrected chi connectivity index (χ1v) is 4.66. The Hall–Kier alpha value is -0.570. The van der Waals surface area contributed by atoms with E-state index >= 15 is 0 Å². The van der Waals surface area contributed by atoms with Crippen LogP contribution in [0.15, 0.2) is 0 Å². The monoisotopic (exact) mass is 188 g/mol. The van der Waals surface area contributed by atoms with Crippen molar-refractivity contribution < 1.29 is 14.3 Å². The molecule has 1 unspecified atom stereocenters. The Morgan fingerprint density at radius 1 is 1.38 bits per heavy atom. The molecule has 0 aromatic heterocycles. The number of hydrogen-bond acceptors (Lipinski definition) is 3. The zero-order chi connectivity index (χ0) is 10.5. The lowest BCUT2D eigenvalue weighted by atomic mass is 10.1. The Morgan fingerprint density at radius 3 is 2.23 bits per heavy atom. The van der Waals surface area contributed by atoms with Crippen LogP contribution in [-0.4, -0.2) is 24.8 Å². The lowest BCUT2D eigenvalue weighted by Gasteiger charge is -2.25. The standard InChI is InChI=1S/C10H20O3/c1-6-7-8(9(11)12-5)13-10(2,3)4/h8H,6-7H2,1-5H3. The largest absolute Gasteiger partial charge is 0.467 e. The summed E-state index contributed by atoms with van der Waals surface area (Å²) in [6, 6.07) is 0. The third-order valence-corrected chi connectivity index (χ3v) is 1.51. The summed E-state index contributed by atoms with van der Waals surface area (Å²) in [5, 5.41) is 0. The quantitative estimate of drug-likeness (QED) is 0.634.